The number of hydrogen-bond donors (Lipinski definition) is 0. The maximum atomic E-state index is 13.1. The van der Waals surface area contributed by atoms with Crippen LogP contribution in [0.1, 0.15) is 26.3 Å². The first kappa shape index (κ1) is 14.9. The molecule has 1 aromatic carbocycles. The molecule has 2 aromatic rings. The van der Waals surface area contributed by atoms with E-state index in [9.17, 15) is 13.2 Å². The van der Waals surface area contributed by atoms with Crippen molar-refractivity contribution < 1.29 is 13.2 Å². The summed E-state index contributed by atoms with van der Waals surface area (Å²) in [5.74, 6) is 0. The zero-order valence-electron chi connectivity index (χ0n) is 11.3. The molecule has 6 heteroatoms. The Kier molecular flexibility index (Phi) is 3.58. The molecule has 0 aliphatic rings. The molecule has 0 amide bonds. The van der Waals surface area contributed by atoms with Crippen LogP contribution >= 0.6 is 11.6 Å². The summed E-state index contributed by atoms with van der Waals surface area (Å²) in [7, 11) is 0. The molecule has 0 aliphatic heterocycles. The predicted octanol–water partition coefficient (Wildman–Crippen LogP) is 4.98. The van der Waals surface area contributed by atoms with Crippen molar-refractivity contribution in [3.63, 3.8) is 0 Å². The average molecular weight is 303 g/mol. The largest absolute Gasteiger partial charge is 0.420 e. The first-order valence-electron chi connectivity index (χ1n) is 6.02. The zero-order valence-corrected chi connectivity index (χ0v) is 12.0. The van der Waals surface area contributed by atoms with Gasteiger partial charge in [0.1, 0.15) is 11.3 Å². The quantitative estimate of drug-likeness (QED) is 0.726. The number of aromatic nitrogens is 2. The fraction of sp³-hybridized carbons (Fsp3) is 0.357. The lowest BCUT2D eigenvalue weighted by atomic mass is 10.1. The van der Waals surface area contributed by atoms with Gasteiger partial charge in [0.25, 0.3) is 0 Å². The SMILES string of the molecule is CC(C)(C)n1cc(C(F)(F)F)c(-c2ccc(Cl)cc2)n1. The molecular formula is C14H14ClF3N2. The molecule has 0 saturated carbocycles. The van der Waals surface area contributed by atoms with Gasteiger partial charge in [-0.25, -0.2) is 0 Å². The van der Waals surface area contributed by atoms with Crippen LogP contribution in [0, 0.1) is 0 Å². The molecule has 2 rings (SSSR count). The lowest BCUT2D eigenvalue weighted by molar-refractivity contribution is -0.137. The molecule has 1 aromatic heterocycles. The van der Waals surface area contributed by atoms with Gasteiger partial charge in [-0.15, -0.1) is 0 Å². The highest BCUT2D eigenvalue weighted by atomic mass is 35.5. The molecule has 1 heterocycles. The smallest absolute Gasteiger partial charge is 0.266 e. The topological polar surface area (TPSA) is 17.8 Å². The second-order valence-corrected chi connectivity index (χ2v) is 5.95. The normalized spacial score (nSPS) is 12.8. The van der Waals surface area contributed by atoms with E-state index in [4.69, 9.17) is 11.6 Å². The lowest BCUT2D eigenvalue weighted by Gasteiger charge is -2.18. The third kappa shape index (κ3) is 2.98. The van der Waals surface area contributed by atoms with Crippen LogP contribution in [0.25, 0.3) is 11.3 Å². The number of nitrogens with zero attached hydrogens (tertiary/aromatic N) is 2. The Morgan fingerprint density at radius 1 is 1.05 bits per heavy atom. The van der Waals surface area contributed by atoms with Gasteiger partial charge in [-0.3, -0.25) is 4.68 Å². The second kappa shape index (κ2) is 4.81. The second-order valence-electron chi connectivity index (χ2n) is 5.51. The monoisotopic (exact) mass is 302 g/mol. The molecule has 0 atom stereocenters. The van der Waals surface area contributed by atoms with Gasteiger partial charge in [-0.1, -0.05) is 23.7 Å². The maximum Gasteiger partial charge on any atom is 0.420 e. The molecular weight excluding hydrogens is 289 g/mol. The minimum atomic E-state index is -4.45. The summed E-state index contributed by atoms with van der Waals surface area (Å²) in [5.41, 5.74) is -0.950. The van der Waals surface area contributed by atoms with Crippen LogP contribution in [0.2, 0.25) is 5.02 Å². The number of rotatable bonds is 1. The van der Waals surface area contributed by atoms with E-state index < -0.39 is 17.3 Å². The van der Waals surface area contributed by atoms with Gasteiger partial charge in [0, 0.05) is 16.8 Å². The van der Waals surface area contributed by atoms with Crippen LogP contribution in [0.4, 0.5) is 13.2 Å². The van der Waals surface area contributed by atoms with Crippen molar-refractivity contribution in [1.29, 1.82) is 0 Å². The fourth-order valence-electron chi connectivity index (χ4n) is 1.75. The van der Waals surface area contributed by atoms with Crippen molar-refractivity contribution in [2.24, 2.45) is 0 Å². The minimum Gasteiger partial charge on any atom is -0.266 e. The summed E-state index contributed by atoms with van der Waals surface area (Å²) < 4.78 is 40.7. The van der Waals surface area contributed by atoms with E-state index in [2.05, 4.69) is 5.10 Å². The van der Waals surface area contributed by atoms with Crippen molar-refractivity contribution in [1.82, 2.24) is 9.78 Å². The molecule has 0 bridgehead atoms. The van der Waals surface area contributed by atoms with Gasteiger partial charge >= 0.3 is 6.18 Å². The lowest BCUT2D eigenvalue weighted by Crippen LogP contribution is -2.22. The van der Waals surface area contributed by atoms with Gasteiger partial charge in [0.15, 0.2) is 0 Å². The van der Waals surface area contributed by atoms with Crippen molar-refractivity contribution in [2.45, 2.75) is 32.5 Å². The van der Waals surface area contributed by atoms with E-state index in [0.717, 1.165) is 6.20 Å². The highest BCUT2D eigenvalue weighted by Crippen LogP contribution is 2.37. The predicted molar refractivity (Wildman–Crippen MR) is 72.7 cm³/mol. The molecule has 108 valence electrons. The Labute approximate surface area is 120 Å². The highest BCUT2D eigenvalue weighted by Gasteiger charge is 2.37. The first-order chi connectivity index (χ1) is 9.09. The molecule has 2 nitrogen and oxygen atoms in total. The third-order valence-corrected chi connectivity index (χ3v) is 3.08. The zero-order chi connectivity index (χ0) is 15.1. The van der Waals surface area contributed by atoms with Gasteiger partial charge in [-0.05, 0) is 32.9 Å². The van der Waals surface area contributed by atoms with E-state index in [1.165, 1.54) is 16.8 Å². The van der Waals surface area contributed by atoms with E-state index in [1.807, 2.05) is 0 Å². The van der Waals surface area contributed by atoms with Gasteiger partial charge < -0.3 is 0 Å². The third-order valence-electron chi connectivity index (χ3n) is 2.82. The summed E-state index contributed by atoms with van der Waals surface area (Å²) in [4.78, 5) is 0. The number of halogens is 4. The van der Waals surface area contributed by atoms with Crippen LogP contribution in [-0.2, 0) is 11.7 Å². The molecule has 0 N–H and O–H groups in total. The molecule has 0 radical (unpaired) electrons. The van der Waals surface area contributed by atoms with Crippen molar-refractivity contribution >= 4 is 11.6 Å². The van der Waals surface area contributed by atoms with E-state index in [0.29, 0.717) is 10.6 Å². The maximum absolute atomic E-state index is 13.1. The van der Waals surface area contributed by atoms with Gasteiger partial charge in [0.2, 0.25) is 0 Å². The van der Waals surface area contributed by atoms with Gasteiger partial charge in [0.05, 0.1) is 5.54 Å². The summed E-state index contributed by atoms with van der Waals surface area (Å²) in [6.07, 6.45) is -3.40. The standard InChI is InChI=1S/C14H14ClF3N2/c1-13(2,3)20-8-11(14(16,17)18)12(19-20)9-4-6-10(15)7-5-9/h4-8H,1-3H3. The van der Waals surface area contributed by atoms with E-state index in [-0.39, 0.29) is 5.69 Å². The Hall–Kier alpha value is -1.49. The summed E-state index contributed by atoms with van der Waals surface area (Å²) in [6, 6.07) is 6.17. The van der Waals surface area contributed by atoms with Crippen LogP contribution in [-0.4, -0.2) is 9.78 Å². The molecule has 0 spiro atoms. The highest BCUT2D eigenvalue weighted by molar-refractivity contribution is 6.30. The number of hydrogen-bond acceptors (Lipinski definition) is 1. The Bertz CT molecular complexity index is 607. The first-order valence-corrected chi connectivity index (χ1v) is 6.40. The summed E-state index contributed by atoms with van der Waals surface area (Å²) in [5, 5.41) is 4.57. The van der Waals surface area contributed by atoms with Crippen LogP contribution < -0.4 is 0 Å². The summed E-state index contributed by atoms with van der Waals surface area (Å²) >= 11 is 5.76. The van der Waals surface area contributed by atoms with Crippen molar-refractivity contribution in [3.8, 4) is 11.3 Å². The molecule has 0 fully saturated rings. The van der Waals surface area contributed by atoms with Crippen LogP contribution in [0.5, 0.6) is 0 Å². The van der Waals surface area contributed by atoms with Crippen molar-refractivity contribution in [3.05, 3.63) is 41.0 Å². The molecule has 0 aliphatic carbocycles. The minimum absolute atomic E-state index is 0.0795. The average Bonchev–Trinajstić information content (AvgIpc) is 2.74. The number of benzene rings is 1. The van der Waals surface area contributed by atoms with Crippen molar-refractivity contribution in [2.75, 3.05) is 0 Å². The van der Waals surface area contributed by atoms with Crippen LogP contribution in [0.3, 0.4) is 0 Å². The summed E-state index contributed by atoms with van der Waals surface area (Å²) in [6.45, 7) is 5.39. The van der Waals surface area contributed by atoms with E-state index >= 15 is 0 Å². The molecule has 0 unspecified atom stereocenters. The van der Waals surface area contributed by atoms with Gasteiger partial charge in [-0.2, -0.15) is 18.3 Å². The van der Waals surface area contributed by atoms with Crippen LogP contribution in [0.15, 0.2) is 30.5 Å². The Morgan fingerprint density at radius 2 is 1.60 bits per heavy atom. The molecule has 0 saturated heterocycles. The molecule has 20 heavy (non-hydrogen) atoms. The Balaban J connectivity index is 2.62. The van der Waals surface area contributed by atoms with E-state index in [1.54, 1.807) is 32.9 Å². The fourth-order valence-corrected chi connectivity index (χ4v) is 1.87. The number of alkyl halides is 3. The Morgan fingerprint density at radius 3 is 2.05 bits per heavy atom.